The molecule has 5 aromatic rings. The number of rotatable bonds is 10. The zero-order valence-electron chi connectivity index (χ0n) is 20.6. The molecule has 0 saturated carbocycles. The Bertz CT molecular complexity index is 1450. The fourth-order valence-corrected chi connectivity index (χ4v) is 4.96. The Morgan fingerprint density at radius 1 is 0.919 bits per heavy atom. The summed E-state index contributed by atoms with van der Waals surface area (Å²) in [5.74, 6) is 1.66. The van der Waals surface area contributed by atoms with Crippen LogP contribution in [0.15, 0.2) is 97.2 Å². The second-order valence-corrected chi connectivity index (χ2v) is 9.48. The van der Waals surface area contributed by atoms with Crippen LogP contribution in [-0.2, 0) is 6.54 Å². The first-order valence-electron chi connectivity index (χ1n) is 12.2. The van der Waals surface area contributed by atoms with E-state index in [2.05, 4.69) is 51.1 Å². The maximum Gasteiger partial charge on any atom is 0.272 e. The van der Waals surface area contributed by atoms with Crippen molar-refractivity contribution in [3.63, 3.8) is 0 Å². The molecule has 2 heterocycles. The van der Waals surface area contributed by atoms with E-state index < -0.39 is 0 Å². The topological polar surface area (TPSA) is 67.3 Å². The van der Waals surface area contributed by atoms with Crippen LogP contribution in [0.3, 0.4) is 0 Å². The molecule has 0 bridgehead atoms. The lowest BCUT2D eigenvalue weighted by molar-refractivity contribution is 0.0736. The Morgan fingerprint density at radius 2 is 1.65 bits per heavy atom. The highest BCUT2D eigenvalue weighted by Gasteiger charge is 2.17. The first-order valence-corrected chi connectivity index (χ1v) is 13.0. The van der Waals surface area contributed by atoms with Gasteiger partial charge in [0.1, 0.15) is 17.3 Å². The predicted molar refractivity (Wildman–Crippen MR) is 150 cm³/mol. The number of fused-ring (bicyclic) bond motifs is 1. The summed E-state index contributed by atoms with van der Waals surface area (Å²) in [5.41, 5.74) is 3.76. The van der Waals surface area contributed by atoms with Gasteiger partial charge in [-0.2, -0.15) is 4.37 Å². The van der Waals surface area contributed by atoms with E-state index in [0.29, 0.717) is 18.8 Å². The largest absolute Gasteiger partial charge is 0.497 e. The first kappa shape index (κ1) is 24.5. The molecular weight excluding hydrogens is 480 g/mol. The van der Waals surface area contributed by atoms with Crippen LogP contribution in [0, 0.1) is 0 Å². The highest BCUT2D eigenvalue weighted by Crippen LogP contribution is 2.26. The van der Waals surface area contributed by atoms with Gasteiger partial charge in [0.05, 0.1) is 11.8 Å². The number of carbonyl (C=O) groups excluding carboxylic acids is 1. The van der Waals surface area contributed by atoms with Crippen molar-refractivity contribution in [3.05, 3.63) is 108 Å². The molecular formula is C30H28N4O2S. The van der Waals surface area contributed by atoms with Gasteiger partial charge in [0.15, 0.2) is 0 Å². The molecule has 0 aliphatic carbocycles. The zero-order chi connectivity index (χ0) is 25.5. The van der Waals surface area contributed by atoms with Crippen molar-refractivity contribution in [2.45, 2.75) is 13.0 Å². The van der Waals surface area contributed by atoms with Crippen LogP contribution < -0.4 is 10.1 Å². The molecule has 37 heavy (non-hydrogen) atoms. The van der Waals surface area contributed by atoms with E-state index in [4.69, 9.17) is 4.74 Å². The number of benzene rings is 3. The molecule has 0 aliphatic rings. The number of ether oxygens (including phenoxy) is 1. The summed E-state index contributed by atoms with van der Waals surface area (Å²) in [6.07, 6.45) is 2.44. The van der Waals surface area contributed by atoms with E-state index in [1.54, 1.807) is 19.4 Å². The predicted octanol–water partition coefficient (Wildman–Crippen LogP) is 6.51. The van der Waals surface area contributed by atoms with Crippen LogP contribution in [0.25, 0.3) is 21.2 Å². The third kappa shape index (κ3) is 5.95. The summed E-state index contributed by atoms with van der Waals surface area (Å²) in [7, 11) is 1.67. The van der Waals surface area contributed by atoms with Crippen LogP contribution in [0.2, 0.25) is 0 Å². The SMILES string of the molecule is COc1ccc(-c2ccc(CN(CCCNc3nsc4ccccc34)C(=O)c3ccccn3)cc2)cc1. The lowest BCUT2D eigenvalue weighted by atomic mass is 10.0. The minimum absolute atomic E-state index is 0.0704. The molecule has 0 unspecified atom stereocenters. The molecule has 1 N–H and O–H groups in total. The quantitative estimate of drug-likeness (QED) is 0.218. The Labute approximate surface area is 220 Å². The van der Waals surface area contributed by atoms with Gasteiger partial charge in [-0.05, 0) is 71.0 Å². The summed E-state index contributed by atoms with van der Waals surface area (Å²) in [4.78, 5) is 19.5. The van der Waals surface area contributed by atoms with Crippen LogP contribution >= 0.6 is 11.5 Å². The van der Waals surface area contributed by atoms with Crippen molar-refractivity contribution in [2.24, 2.45) is 0 Å². The molecule has 0 atom stereocenters. The average Bonchev–Trinajstić information content (AvgIpc) is 3.38. The fraction of sp³-hybridized carbons (Fsp3) is 0.167. The number of carbonyl (C=O) groups is 1. The number of pyridine rings is 1. The zero-order valence-corrected chi connectivity index (χ0v) is 21.4. The van der Waals surface area contributed by atoms with E-state index in [0.717, 1.165) is 51.3 Å². The van der Waals surface area contributed by atoms with Gasteiger partial charge >= 0.3 is 0 Å². The van der Waals surface area contributed by atoms with E-state index in [1.807, 2.05) is 53.4 Å². The van der Waals surface area contributed by atoms with E-state index >= 15 is 0 Å². The van der Waals surface area contributed by atoms with Crippen molar-refractivity contribution in [1.82, 2.24) is 14.3 Å². The third-order valence-electron chi connectivity index (χ3n) is 6.20. The average molecular weight is 509 g/mol. The molecule has 0 spiro atoms. The van der Waals surface area contributed by atoms with Crippen molar-refractivity contribution < 1.29 is 9.53 Å². The molecule has 0 aliphatic heterocycles. The number of aromatic nitrogens is 2. The molecule has 0 radical (unpaired) electrons. The molecule has 186 valence electrons. The number of hydrogen-bond acceptors (Lipinski definition) is 6. The Hall–Kier alpha value is -4.23. The first-order chi connectivity index (χ1) is 18.2. The van der Waals surface area contributed by atoms with E-state index in [-0.39, 0.29) is 5.91 Å². The van der Waals surface area contributed by atoms with Gasteiger partial charge in [0.25, 0.3) is 5.91 Å². The number of amides is 1. The Morgan fingerprint density at radius 3 is 2.38 bits per heavy atom. The molecule has 1 amide bonds. The summed E-state index contributed by atoms with van der Waals surface area (Å²) in [6.45, 7) is 1.83. The number of anilines is 1. The van der Waals surface area contributed by atoms with Gasteiger partial charge in [0.2, 0.25) is 0 Å². The fourth-order valence-electron chi connectivity index (χ4n) is 4.20. The van der Waals surface area contributed by atoms with Crippen LogP contribution in [0.1, 0.15) is 22.5 Å². The van der Waals surface area contributed by atoms with Crippen molar-refractivity contribution in [3.8, 4) is 16.9 Å². The van der Waals surface area contributed by atoms with Gasteiger partial charge in [-0.1, -0.05) is 54.6 Å². The van der Waals surface area contributed by atoms with Gasteiger partial charge < -0.3 is 15.0 Å². The Balaban J connectivity index is 1.26. The number of nitrogens with zero attached hydrogens (tertiary/aromatic N) is 3. The molecule has 7 heteroatoms. The minimum Gasteiger partial charge on any atom is -0.497 e. The monoisotopic (exact) mass is 508 g/mol. The van der Waals surface area contributed by atoms with Crippen molar-refractivity contribution in [1.29, 1.82) is 0 Å². The van der Waals surface area contributed by atoms with Crippen LogP contribution in [0.4, 0.5) is 5.82 Å². The lowest BCUT2D eigenvalue weighted by Crippen LogP contribution is -2.33. The standard InChI is InChI=1S/C30H28N4O2S/c1-36-25-16-14-24(15-17-25)23-12-10-22(11-13-23)21-34(30(35)27-8-4-5-18-31-27)20-6-19-32-29-26-7-2-3-9-28(26)37-33-29/h2-5,7-18H,6,19-21H2,1H3,(H,32,33). The summed E-state index contributed by atoms with van der Waals surface area (Å²) in [6, 6.07) is 30.0. The van der Waals surface area contributed by atoms with Gasteiger partial charge in [0, 0.05) is 31.2 Å². The molecule has 3 aromatic carbocycles. The maximum absolute atomic E-state index is 13.3. The summed E-state index contributed by atoms with van der Waals surface area (Å²) >= 11 is 1.49. The normalized spacial score (nSPS) is 10.8. The van der Waals surface area contributed by atoms with Gasteiger partial charge in [-0.3, -0.25) is 9.78 Å². The number of methoxy groups -OCH3 is 1. The van der Waals surface area contributed by atoms with Gasteiger partial charge in [-0.25, -0.2) is 0 Å². The summed E-state index contributed by atoms with van der Waals surface area (Å²) in [5, 5.41) is 4.57. The van der Waals surface area contributed by atoms with Gasteiger partial charge in [-0.15, -0.1) is 0 Å². The second kappa shape index (κ2) is 11.7. The molecule has 6 nitrogen and oxygen atoms in total. The van der Waals surface area contributed by atoms with Crippen molar-refractivity contribution in [2.75, 3.05) is 25.5 Å². The van der Waals surface area contributed by atoms with Crippen molar-refractivity contribution >= 4 is 33.3 Å². The highest BCUT2D eigenvalue weighted by atomic mass is 32.1. The van der Waals surface area contributed by atoms with Crippen LogP contribution in [-0.4, -0.2) is 40.4 Å². The van der Waals surface area contributed by atoms with E-state index in [1.165, 1.54) is 11.5 Å². The number of hydrogen-bond donors (Lipinski definition) is 1. The summed E-state index contributed by atoms with van der Waals surface area (Å²) < 4.78 is 11.0. The third-order valence-corrected chi connectivity index (χ3v) is 7.02. The Kier molecular flexibility index (Phi) is 7.72. The smallest absolute Gasteiger partial charge is 0.272 e. The highest BCUT2D eigenvalue weighted by molar-refractivity contribution is 7.13. The molecule has 0 fully saturated rings. The number of nitrogens with one attached hydrogen (secondary N) is 1. The molecule has 5 rings (SSSR count). The second-order valence-electron chi connectivity index (χ2n) is 8.67. The minimum atomic E-state index is -0.0704. The van der Waals surface area contributed by atoms with Crippen LogP contribution in [0.5, 0.6) is 5.75 Å². The molecule has 2 aromatic heterocycles. The molecule has 0 saturated heterocycles. The van der Waals surface area contributed by atoms with E-state index in [9.17, 15) is 4.79 Å². The lowest BCUT2D eigenvalue weighted by Gasteiger charge is -2.23. The maximum atomic E-state index is 13.3.